The van der Waals surface area contributed by atoms with Crippen LogP contribution in [0.1, 0.15) is 17.5 Å². The summed E-state index contributed by atoms with van der Waals surface area (Å²) in [7, 11) is 0. The van der Waals surface area contributed by atoms with E-state index in [4.69, 9.17) is 4.42 Å². The lowest BCUT2D eigenvalue weighted by molar-refractivity contribution is 0.668. The Morgan fingerprint density at radius 2 is 1.94 bits per heavy atom. The van der Waals surface area contributed by atoms with Crippen LogP contribution in [0.25, 0.3) is 28.0 Å². The normalized spacial score (nSPS) is 14.3. The summed E-state index contributed by atoms with van der Waals surface area (Å²) in [6, 6.07) is 10.4. The van der Waals surface area contributed by atoms with Crippen LogP contribution in [0, 0.1) is 0 Å². The number of fused-ring (bicyclic) bond motifs is 5. The van der Waals surface area contributed by atoms with Gasteiger partial charge in [-0.05, 0) is 48.2 Å². The molecule has 3 aromatic rings. The van der Waals surface area contributed by atoms with E-state index in [2.05, 4.69) is 46.3 Å². The minimum atomic E-state index is 0.969. The number of benzene rings is 2. The Hall–Kier alpha value is -1.54. The Balaban J connectivity index is 2.22. The number of hydrogen-bond acceptors (Lipinski definition) is 1. The molecule has 1 aliphatic rings. The van der Waals surface area contributed by atoms with Gasteiger partial charge in [0.25, 0.3) is 0 Å². The fourth-order valence-corrected chi connectivity index (χ4v) is 3.15. The predicted octanol–water partition coefficient (Wildman–Crippen LogP) is 5.31. The molecule has 2 heteroatoms. The molecule has 0 atom stereocenters. The summed E-state index contributed by atoms with van der Waals surface area (Å²) in [6.07, 6.45) is 6.68. The van der Waals surface area contributed by atoms with Crippen molar-refractivity contribution in [1.29, 1.82) is 0 Å². The third-order valence-electron chi connectivity index (χ3n) is 3.60. The fraction of sp³-hybridized carbons (Fsp3) is 0.125. The van der Waals surface area contributed by atoms with Crippen LogP contribution >= 0.6 is 15.9 Å². The van der Waals surface area contributed by atoms with Crippen LogP contribution in [0.4, 0.5) is 0 Å². The van der Waals surface area contributed by atoms with Gasteiger partial charge in [0.15, 0.2) is 0 Å². The molecule has 0 saturated heterocycles. The Kier molecular flexibility index (Phi) is 2.15. The van der Waals surface area contributed by atoms with Gasteiger partial charge in [-0.1, -0.05) is 34.1 Å². The monoisotopic (exact) mass is 298 g/mol. The van der Waals surface area contributed by atoms with Crippen molar-refractivity contribution in [1.82, 2.24) is 0 Å². The molecule has 1 aliphatic carbocycles. The number of rotatable bonds is 0. The van der Waals surface area contributed by atoms with Gasteiger partial charge < -0.3 is 4.42 Å². The third-order valence-corrected chi connectivity index (χ3v) is 4.09. The maximum absolute atomic E-state index is 5.93. The number of furan rings is 1. The molecule has 1 aromatic heterocycles. The van der Waals surface area contributed by atoms with Crippen molar-refractivity contribution in [3.05, 3.63) is 52.0 Å². The van der Waals surface area contributed by atoms with E-state index >= 15 is 0 Å². The molecular formula is C16H11BrO. The van der Waals surface area contributed by atoms with Crippen molar-refractivity contribution in [3.63, 3.8) is 0 Å². The zero-order valence-corrected chi connectivity index (χ0v) is 11.3. The summed E-state index contributed by atoms with van der Waals surface area (Å²) in [5, 5.41) is 2.50. The number of aryl methyl sites for hydroxylation is 1. The summed E-state index contributed by atoms with van der Waals surface area (Å²) < 4.78 is 7.03. The van der Waals surface area contributed by atoms with Gasteiger partial charge in [0.1, 0.15) is 11.2 Å². The first kappa shape index (κ1) is 10.4. The first-order chi connectivity index (χ1) is 8.83. The molecule has 0 saturated carbocycles. The first-order valence-electron chi connectivity index (χ1n) is 6.13. The van der Waals surface area contributed by atoms with Crippen molar-refractivity contribution < 1.29 is 4.42 Å². The van der Waals surface area contributed by atoms with Crippen LogP contribution in [-0.2, 0) is 6.42 Å². The maximum atomic E-state index is 5.93. The van der Waals surface area contributed by atoms with Crippen molar-refractivity contribution >= 4 is 43.9 Å². The second kappa shape index (κ2) is 3.72. The van der Waals surface area contributed by atoms with Crippen molar-refractivity contribution in [2.24, 2.45) is 0 Å². The van der Waals surface area contributed by atoms with Crippen molar-refractivity contribution in [3.8, 4) is 0 Å². The fourth-order valence-electron chi connectivity index (χ4n) is 2.79. The molecule has 2 aromatic carbocycles. The number of halogens is 1. The molecule has 4 rings (SSSR count). The van der Waals surface area contributed by atoms with Gasteiger partial charge in [-0.3, -0.25) is 0 Å². The molecule has 88 valence electrons. The topological polar surface area (TPSA) is 13.1 Å². The van der Waals surface area contributed by atoms with Crippen molar-refractivity contribution in [2.45, 2.75) is 12.8 Å². The van der Waals surface area contributed by atoms with E-state index in [-0.39, 0.29) is 0 Å². The van der Waals surface area contributed by atoms with E-state index in [1.165, 1.54) is 21.9 Å². The minimum Gasteiger partial charge on any atom is -0.456 e. The van der Waals surface area contributed by atoms with Crippen LogP contribution in [0.15, 0.2) is 45.3 Å². The SMILES string of the molecule is Brc1ccc2oc3ccc4c(c3c2c1)CCC=C4. The Labute approximate surface area is 113 Å². The van der Waals surface area contributed by atoms with Crippen LogP contribution in [0.2, 0.25) is 0 Å². The summed E-state index contributed by atoms with van der Waals surface area (Å²) in [5.41, 5.74) is 4.72. The van der Waals surface area contributed by atoms with Gasteiger partial charge in [0.05, 0.1) is 0 Å². The molecule has 0 fully saturated rings. The number of allylic oxidation sites excluding steroid dienone is 1. The van der Waals surface area contributed by atoms with Crippen LogP contribution in [-0.4, -0.2) is 0 Å². The molecule has 0 radical (unpaired) electrons. The van der Waals surface area contributed by atoms with Crippen LogP contribution < -0.4 is 0 Å². The van der Waals surface area contributed by atoms with Gasteiger partial charge in [0, 0.05) is 15.2 Å². The molecule has 0 N–H and O–H groups in total. The average Bonchev–Trinajstić information content (AvgIpc) is 2.77. The zero-order chi connectivity index (χ0) is 12.1. The predicted molar refractivity (Wildman–Crippen MR) is 78.8 cm³/mol. The summed E-state index contributed by atoms with van der Waals surface area (Å²) >= 11 is 3.54. The lowest BCUT2D eigenvalue weighted by Gasteiger charge is -2.10. The second-order valence-electron chi connectivity index (χ2n) is 4.69. The van der Waals surface area contributed by atoms with E-state index in [1.807, 2.05) is 12.1 Å². The lowest BCUT2D eigenvalue weighted by Crippen LogP contribution is -1.94. The van der Waals surface area contributed by atoms with Crippen LogP contribution in [0.5, 0.6) is 0 Å². The van der Waals surface area contributed by atoms with Gasteiger partial charge in [-0.2, -0.15) is 0 Å². The lowest BCUT2D eigenvalue weighted by atomic mass is 9.93. The molecular weight excluding hydrogens is 288 g/mol. The highest BCUT2D eigenvalue weighted by Crippen LogP contribution is 2.36. The quantitative estimate of drug-likeness (QED) is 0.548. The van der Waals surface area contributed by atoms with Crippen LogP contribution in [0.3, 0.4) is 0 Å². The van der Waals surface area contributed by atoms with Gasteiger partial charge >= 0.3 is 0 Å². The number of hydrogen-bond donors (Lipinski definition) is 0. The molecule has 1 nitrogen and oxygen atoms in total. The third kappa shape index (κ3) is 1.39. The van der Waals surface area contributed by atoms with E-state index in [9.17, 15) is 0 Å². The Morgan fingerprint density at radius 1 is 1.06 bits per heavy atom. The summed E-state index contributed by atoms with van der Waals surface area (Å²) in [5.74, 6) is 0. The average molecular weight is 299 g/mol. The highest BCUT2D eigenvalue weighted by molar-refractivity contribution is 9.10. The second-order valence-corrected chi connectivity index (χ2v) is 5.61. The van der Waals surface area contributed by atoms with E-state index in [0.717, 1.165) is 28.5 Å². The Bertz CT molecular complexity index is 796. The van der Waals surface area contributed by atoms with E-state index in [0.29, 0.717) is 0 Å². The Morgan fingerprint density at radius 3 is 2.89 bits per heavy atom. The minimum absolute atomic E-state index is 0.969. The van der Waals surface area contributed by atoms with E-state index < -0.39 is 0 Å². The standard InChI is InChI=1S/C16H11BrO/c17-11-6-8-14-13(9-11)16-12-4-2-1-3-10(12)5-7-15(16)18-14/h1,3,5-9H,2,4H2. The maximum Gasteiger partial charge on any atom is 0.135 e. The molecule has 0 aliphatic heterocycles. The molecule has 0 unspecified atom stereocenters. The van der Waals surface area contributed by atoms with Gasteiger partial charge in [0.2, 0.25) is 0 Å². The molecule has 0 bridgehead atoms. The van der Waals surface area contributed by atoms with Crippen molar-refractivity contribution in [2.75, 3.05) is 0 Å². The summed E-state index contributed by atoms with van der Waals surface area (Å²) in [4.78, 5) is 0. The molecule has 1 heterocycles. The molecule has 0 spiro atoms. The zero-order valence-electron chi connectivity index (χ0n) is 9.74. The summed E-state index contributed by atoms with van der Waals surface area (Å²) in [6.45, 7) is 0. The highest BCUT2D eigenvalue weighted by Gasteiger charge is 2.15. The van der Waals surface area contributed by atoms with Gasteiger partial charge in [-0.25, -0.2) is 0 Å². The first-order valence-corrected chi connectivity index (χ1v) is 6.92. The van der Waals surface area contributed by atoms with E-state index in [1.54, 1.807) is 0 Å². The van der Waals surface area contributed by atoms with Gasteiger partial charge in [-0.15, -0.1) is 0 Å². The largest absolute Gasteiger partial charge is 0.456 e. The highest BCUT2D eigenvalue weighted by atomic mass is 79.9. The molecule has 0 amide bonds. The smallest absolute Gasteiger partial charge is 0.135 e. The molecule has 18 heavy (non-hydrogen) atoms.